The van der Waals surface area contributed by atoms with E-state index in [9.17, 15) is 0 Å². The molecule has 0 radical (unpaired) electrons. The predicted molar refractivity (Wildman–Crippen MR) is 68.7 cm³/mol. The van der Waals surface area contributed by atoms with Gasteiger partial charge in [0.15, 0.2) is 0 Å². The molecule has 0 rings (SSSR count). The van der Waals surface area contributed by atoms with Crippen LogP contribution in [0.15, 0.2) is 36.3 Å². The number of unbranched alkanes of at least 4 members (excludes halogenated alkanes) is 1. The summed E-state index contributed by atoms with van der Waals surface area (Å²) in [4.78, 5) is 1.21. The second-order valence-electron chi connectivity index (χ2n) is 2.92. The Morgan fingerprint density at radius 3 is 2.71 bits per heavy atom. The molecule has 1 nitrogen and oxygen atoms in total. The van der Waals surface area contributed by atoms with E-state index in [4.69, 9.17) is 0 Å². The van der Waals surface area contributed by atoms with E-state index < -0.39 is 0 Å². The molecule has 0 spiro atoms. The van der Waals surface area contributed by atoms with Crippen LogP contribution in [0.3, 0.4) is 0 Å². The van der Waals surface area contributed by atoms with Crippen molar-refractivity contribution in [2.24, 2.45) is 0 Å². The SMILES string of the molecule is C=C/C=C(\C=C)SCCCCNCC. The van der Waals surface area contributed by atoms with Crippen LogP contribution in [-0.2, 0) is 0 Å². The van der Waals surface area contributed by atoms with Gasteiger partial charge in [0.1, 0.15) is 0 Å². The fraction of sp³-hybridized carbons (Fsp3) is 0.500. The zero-order valence-corrected chi connectivity index (χ0v) is 9.91. The zero-order chi connectivity index (χ0) is 10.6. The third kappa shape index (κ3) is 8.14. The summed E-state index contributed by atoms with van der Waals surface area (Å²) in [6.07, 6.45) is 8.20. The lowest BCUT2D eigenvalue weighted by Crippen LogP contribution is -2.13. The lowest BCUT2D eigenvalue weighted by atomic mass is 10.3. The van der Waals surface area contributed by atoms with Crippen LogP contribution >= 0.6 is 11.8 Å². The molecule has 0 bridgehead atoms. The van der Waals surface area contributed by atoms with Crippen LogP contribution < -0.4 is 5.32 Å². The summed E-state index contributed by atoms with van der Waals surface area (Å²) in [7, 11) is 0. The fourth-order valence-electron chi connectivity index (χ4n) is 1.01. The average molecular weight is 211 g/mol. The molecule has 14 heavy (non-hydrogen) atoms. The second kappa shape index (κ2) is 10.6. The molecular weight excluding hydrogens is 190 g/mol. The summed E-state index contributed by atoms with van der Waals surface area (Å²) in [5.41, 5.74) is 0. The van der Waals surface area contributed by atoms with Crippen LogP contribution in [0.1, 0.15) is 19.8 Å². The van der Waals surface area contributed by atoms with E-state index >= 15 is 0 Å². The smallest absolute Gasteiger partial charge is 0.00658 e. The van der Waals surface area contributed by atoms with Crippen molar-refractivity contribution in [1.82, 2.24) is 5.32 Å². The lowest BCUT2D eigenvalue weighted by Gasteiger charge is -2.02. The minimum absolute atomic E-state index is 1.07. The maximum Gasteiger partial charge on any atom is 0.00658 e. The second-order valence-corrected chi connectivity index (χ2v) is 4.09. The van der Waals surface area contributed by atoms with E-state index in [1.165, 1.54) is 17.7 Å². The molecule has 0 aromatic rings. The van der Waals surface area contributed by atoms with Gasteiger partial charge in [0.2, 0.25) is 0 Å². The third-order valence-electron chi connectivity index (χ3n) is 1.75. The van der Waals surface area contributed by atoms with Crippen molar-refractivity contribution in [1.29, 1.82) is 0 Å². The zero-order valence-electron chi connectivity index (χ0n) is 9.09. The van der Waals surface area contributed by atoms with Crippen LogP contribution in [0.4, 0.5) is 0 Å². The van der Waals surface area contributed by atoms with Crippen LogP contribution in [-0.4, -0.2) is 18.8 Å². The van der Waals surface area contributed by atoms with E-state index in [0.29, 0.717) is 0 Å². The van der Waals surface area contributed by atoms with Crippen LogP contribution in [0.5, 0.6) is 0 Å². The highest BCUT2D eigenvalue weighted by Gasteiger charge is 1.92. The summed E-state index contributed by atoms with van der Waals surface area (Å²) in [5, 5.41) is 3.32. The van der Waals surface area contributed by atoms with Crippen LogP contribution in [0.2, 0.25) is 0 Å². The molecule has 0 amide bonds. The Morgan fingerprint density at radius 2 is 2.14 bits per heavy atom. The molecule has 0 saturated carbocycles. The van der Waals surface area contributed by atoms with E-state index in [0.717, 1.165) is 18.8 Å². The van der Waals surface area contributed by atoms with Gasteiger partial charge in [0.05, 0.1) is 0 Å². The van der Waals surface area contributed by atoms with Crippen molar-refractivity contribution in [2.75, 3.05) is 18.8 Å². The Balaban J connectivity index is 3.38. The molecule has 0 aromatic heterocycles. The number of hydrogen-bond donors (Lipinski definition) is 1. The first-order valence-corrected chi connectivity index (χ1v) is 6.12. The van der Waals surface area contributed by atoms with Crippen molar-refractivity contribution in [3.05, 3.63) is 36.3 Å². The minimum Gasteiger partial charge on any atom is -0.317 e. The number of allylic oxidation sites excluding steroid dienone is 3. The largest absolute Gasteiger partial charge is 0.317 e. The summed E-state index contributed by atoms with van der Waals surface area (Å²) >= 11 is 1.85. The molecule has 80 valence electrons. The molecule has 0 unspecified atom stereocenters. The van der Waals surface area contributed by atoms with Gasteiger partial charge in [-0.15, -0.1) is 11.8 Å². The lowest BCUT2D eigenvalue weighted by molar-refractivity contribution is 0.666. The summed E-state index contributed by atoms with van der Waals surface area (Å²) in [6, 6.07) is 0. The normalized spacial score (nSPS) is 11.4. The molecule has 0 aliphatic rings. The number of thioether (sulfide) groups is 1. The Bertz CT molecular complexity index is 185. The van der Waals surface area contributed by atoms with Crippen molar-refractivity contribution < 1.29 is 0 Å². The van der Waals surface area contributed by atoms with E-state index in [1.54, 1.807) is 0 Å². The first-order chi connectivity index (χ1) is 6.85. The van der Waals surface area contributed by atoms with Gasteiger partial charge in [-0.1, -0.05) is 32.2 Å². The Morgan fingerprint density at radius 1 is 1.36 bits per heavy atom. The standard InChI is InChI=1S/C12H21NS/c1-4-9-12(5-2)14-11-8-7-10-13-6-3/h4-5,9,13H,1-2,6-8,10-11H2,3H3/b12-9+. The van der Waals surface area contributed by atoms with Crippen molar-refractivity contribution in [3.8, 4) is 0 Å². The molecule has 0 fully saturated rings. The van der Waals surface area contributed by atoms with Crippen molar-refractivity contribution >= 4 is 11.8 Å². The highest BCUT2D eigenvalue weighted by molar-refractivity contribution is 8.03. The number of hydrogen-bond acceptors (Lipinski definition) is 2. The van der Waals surface area contributed by atoms with Gasteiger partial charge < -0.3 is 5.32 Å². The van der Waals surface area contributed by atoms with E-state index in [1.807, 2.05) is 30.0 Å². The molecule has 2 heteroatoms. The highest BCUT2D eigenvalue weighted by Crippen LogP contribution is 2.17. The first-order valence-electron chi connectivity index (χ1n) is 5.13. The molecular formula is C12H21NS. The first kappa shape index (κ1) is 13.5. The maximum atomic E-state index is 3.76. The summed E-state index contributed by atoms with van der Waals surface area (Å²) in [6.45, 7) is 11.8. The van der Waals surface area contributed by atoms with Gasteiger partial charge in [-0.05, 0) is 37.8 Å². The fourth-order valence-corrected chi connectivity index (χ4v) is 1.90. The van der Waals surface area contributed by atoms with Gasteiger partial charge in [-0.25, -0.2) is 0 Å². The molecule has 0 aliphatic carbocycles. The quantitative estimate of drug-likeness (QED) is 0.463. The summed E-state index contributed by atoms with van der Waals surface area (Å²) < 4.78 is 0. The number of nitrogens with one attached hydrogen (secondary N) is 1. The van der Waals surface area contributed by atoms with Gasteiger partial charge >= 0.3 is 0 Å². The van der Waals surface area contributed by atoms with Crippen molar-refractivity contribution in [3.63, 3.8) is 0 Å². The number of rotatable bonds is 9. The minimum atomic E-state index is 1.07. The maximum absolute atomic E-state index is 3.76. The van der Waals surface area contributed by atoms with Gasteiger partial charge in [-0.2, -0.15) is 0 Å². The molecule has 0 aromatic carbocycles. The molecule has 0 atom stereocenters. The molecule has 0 aliphatic heterocycles. The highest BCUT2D eigenvalue weighted by atomic mass is 32.2. The van der Waals surface area contributed by atoms with Crippen LogP contribution in [0, 0.1) is 0 Å². The monoisotopic (exact) mass is 211 g/mol. The van der Waals surface area contributed by atoms with Gasteiger partial charge in [0, 0.05) is 4.91 Å². The summed E-state index contributed by atoms with van der Waals surface area (Å²) in [5.74, 6) is 1.16. The predicted octanol–water partition coefficient (Wildman–Crippen LogP) is 3.37. The van der Waals surface area contributed by atoms with Crippen LogP contribution in [0.25, 0.3) is 0 Å². The molecule has 0 saturated heterocycles. The topological polar surface area (TPSA) is 12.0 Å². The Kier molecular flexibility index (Phi) is 10.3. The van der Waals surface area contributed by atoms with Crippen molar-refractivity contribution in [2.45, 2.75) is 19.8 Å². The average Bonchev–Trinajstić information content (AvgIpc) is 2.21. The molecule has 1 N–H and O–H groups in total. The Labute approximate surface area is 92.4 Å². The van der Waals surface area contributed by atoms with Gasteiger partial charge in [0.25, 0.3) is 0 Å². The van der Waals surface area contributed by atoms with Gasteiger partial charge in [-0.3, -0.25) is 0 Å². The third-order valence-corrected chi connectivity index (χ3v) is 2.88. The van der Waals surface area contributed by atoms with E-state index in [2.05, 4.69) is 25.4 Å². The van der Waals surface area contributed by atoms with E-state index in [-0.39, 0.29) is 0 Å². The Hall–Kier alpha value is -0.470. The molecule has 0 heterocycles.